The van der Waals surface area contributed by atoms with Crippen LogP contribution in [0.1, 0.15) is 208 Å². The van der Waals surface area contributed by atoms with Crippen LogP contribution in [-0.4, -0.2) is 252 Å². The Morgan fingerprint density at radius 1 is 0.486 bits per heavy atom. The number of aliphatic hydroxyl groups is 1. The number of ketones is 1. The number of carbonyl (C=O) groups is 4. The van der Waals surface area contributed by atoms with E-state index in [1.54, 1.807) is 99.5 Å². The zero-order chi connectivity index (χ0) is 109. The fourth-order valence-electron chi connectivity index (χ4n) is 19.6. The lowest BCUT2D eigenvalue weighted by atomic mass is 9.58. The zero-order valence-corrected chi connectivity index (χ0v) is 94.6. The molecule has 0 bridgehead atoms. The maximum atomic E-state index is 12.4. The van der Waals surface area contributed by atoms with Crippen LogP contribution in [-0.2, 0) is 102 Å². The van der Waals surface area contributed by atoms with Gasteiger partial charge in [0.05, 0.1) is 62.8 Å². The number of Topliss-reactive ketones (excluding diaryl/α,β-unsaturated/α-hetero) is 1. The summed E-state index contributed by atoms with van der Waals surface area (Å²) in [6, 6.07) is 29.8. The molecule has 5 aliphatic carbocycles. The van der Waals surface area contributed by atoms with Gasteiger partial charge < -0.3 is 67.5 Å². The number of carbonyl (C=O) groups excluding carboxylic acids is 4. The molecule has 0 atom stereocenters. The van der Waals surface area contributed by atoms with Crippen molar-refractivity contribution in [2.24, 2.45) is 55.1 Å². The number of allylic oxidation sites excluding steroid dienone is 1. The zero-order valence-electron chi connectivity index (χ0n) is 88.9. The summed E-state index contributed by atoms with van der Waals surface area (Å²) >= 11 is 5.93. The third-order valence-corrected chi connectivity index (χ3v) is 35.6. The number of nitrogens with zero attached hydrogens (tertiary/aromatic N) is 8. The van der Waals surface area contributed by atoms with Crippen molar-refractivity contribution in [2.75, 3.05) is 134 Å². The van der Waals surface area contributed by atoms with E-state index < -0.39 is 80.0 Å². The van der Waals surface area contributed by atoms with Gasteiger partial charge >= 0.3 is 25.9 Å². The first-order chi connectivity index (χ1) is 68.5. The Labute approximate surface area is 881 Å². The summed E-state index contributed by atoms with van der Waals surface area (Å²) in [6.07, 6.45) is 10.6. The number of sulfonamides is 5. The first kappa shape index (κ1) is 124. The van der Waals surface area contributed by atoms with Gasteiger partial charge in [-0.05, 0) is 285 Å². The van der Waals surface area contributed by atoms with Crippen LogP contribution in [0.2, 0.25) is 5.15 Å². The van der Waals surface area contributed by atoms with Gasteiger partial charge in [-0.15, -0.1) is 0 Å². The van der Waals surface area contributed by atoms with Crippen LogP contribution in [0.25, 0.3) is 21.8 Å². The number of nitrogens with two attached hydrogens (primary N) is 2. The number of rotatable bonds is 26. The highest BCUT2D eigenvalue weighted by molar-refractivity contribution is 7.96. The van der Waals surface area contributed by atoms with Gasteiger partial charge in [-0.25, -0.2) is 101 Å². The molecule has 10 fully saturated rings. The number of primary sulfonamides is 2. The van der Waals surface area contributed by atoms with E-state index in [2.05, 4.69) is 84.1 Å². The number of methoxy groups -OCH3 is 3. The van der Waals surface area contributed by atoms with E-state index in [1.165, 1.54) is 34.0 Å². The minimum absolute atomic E-state index is 0. The van der Waals surface area contributed by atoms with Crippen LogP contribution in [0.3, 0.4) is 0 Å². The van der Waals surface area contributed by atoms with E-state index in [0.717, 1.165) is 126 Å². The average Bonchev–Trinajstić information content (AvgIpc) is 0.722. The molecule has 5 saturated carbocycles. The summed E-state index contributed by atoms with van der Waals surface area (Å²) in [5, 5.41) is 24.7. The van der Waals surface area contributed by atoms with E-state index in [4.69, 9.17) is 64.5 Å². The molecular weight excluding hydrogens is 2040 g/mol. The Balaban J connectivity index is 0.000000212. The average molecular weight is 2200 g/mol. The Kier molecular flexibility index (Phi) is 43.4. The lowest BCUT2D eigenvalue weighted by molar-refractivity contribution is -0.144. The molecule has 2 aromatic heterocycles. The van der Waals surface area contributed by atoms with E-state index in [-0.39, 0.29) is 116 Å². The van der Waals surface area contributed by atoms with Crippen molar-refractivity contribution >= 4 is 121 Å². The standard InChI is InChI=1S/C20H30N2O5S.C20H28N2O5S.C17H22N4O2S.C13H22NO6PS.C11H17NO3.C10H9ClN2.C7H14N2O2S.C2H6O.C2H6.CH4/c2*1-19(2,3)27-18(23)22-13-20(14-22)9-16(10-20)12-28(24,25)21-11-15-5-7-17(26-4)8-6-15;1-11-3-14-15(4-12(11)2)19-10-20-16(14)21-8-17(9-21)5-13(6-17)7-24(18,22)23;1-4-19-21(15,20-5-2)11-22(16,17)14-10-12-6-8-13(18-3)9-7-12;1-10(2,3)15-9(14)12-6-11(7-12)4-8(13)5-11;1-6-3-8-9(4-7(6)2)12-5-13-10(8)11;8-12(10,11)3-6-1-7(2-6)4-9-5-7;1-2-3;1-2;/h5-8,16,21H,9-14H2,1-4H3;5-8,12,21H,9-11,13-14H2,1-4H3;3-4,10,13H,5-9H2,1-2H3,(H2,18,22,23);6-9,14H,4-5,10-11H2,1-3H3;4-7H2,1-3H3;3-5H,1-2H3;6,9H,1-5H2,(H2,8,10,11);3H,2H2,1H3;1-2H3;1H4. The fourth-order valence-corrected chi connectivity index (χ4v) is 27.9. The van der Waals surface area contributed by atoms with Crippen molar-refractivity contribution < 1.29 is 108 Å². The number of halogens is 1. The highest BCUT2D eigenvalue weighted by atomic mass is 35.5. The predicted molar refractivity (Wildman–Crippen MR) is 577 cm³/mol. The van der Waals surface area contributed by atoms with Gasteiger partial charge in [0.15, 0.2) is 5.49 Å². The number of anilines is 1. The van der Waals surface area contributed by atoms with Gasteiger partial charge in [0.1, 0.15) is 63.5 Å². The van der Waals surface area contributed by atoms with Crippen molar-refractivity contribution in [3.8, 4) is 17.2 Å². The molecular formula is C103H158ClN14O24PS5. The normalized spacial score (nSPS) is 18.7. The third-order valence-electron chi connectivity index (χ3n) is 26.2. The summed E-state index contributed by atoms with van der Waals surface area (Å²) in [5.74, 6) is 4.58. The largest absolute Gasteiger partial charge is 0.497 e. The number of ether oxygens (including phenoxy) is 6. The van der Waals surface area contributed by atoms with Gasteiger partial charge in [-0.3, -0.25) is 9.36 Å². The smallest absolute Gasteiger partial charge is 0.410 e. The number of benzene rings is 5. The Morgan fingerprint density at radius 2 is 0.818 bits per heavy atom. The maximum absolute atomic E-state index is 12.4. The van der Waals surface area contributed by atoms with E-state index >= 15 is 0 Å². The molecule has 826 valence electrons. The monoisotopic (exact) mass is 2200 g/mol. The van der Waals surface area contributed by atoms with Crippen LogP contribution in [0, 0.1) is 72.5 Å². The van der Waals surface area contributed by atoms with Crippen molar-refractivity contribution in [1.82, 2.24) is 54.1 Å². The number of aryl methyl sites for hydroxylation is 4. The SMILES string of the molecule is C.CC.CC(C)(C)OC(=O)N1CC2(CC(=O)C2)C1.CCO.CCOP(=O)(CS(=O)(=O)NCc1ccc(OC)cc1)OCC.COc1ccc(CNS(=O)(=O)C=C2CC3(C2)CN(C(=O)OC(C)(C)C)C3)cc1.COc1ccc(CNS(=O)(=O)CC2CC3(C2)CN(C(=O)OC(C)(C)C)C3)cc1.Cc1cc2ncnc(Cl)c2cc1C.Cc1cc2ncnc(N3CC4(CC(CS(N)(=O)=O)C4)C3)c2cc1C.NS(=O)(=O)CC1CC2(CNC2)C1. The molecule has 148 heavy (non-hydrogen) atoms. The van der Waals surface area contributed by atoms with Crippen molar-refractivity contribution in [1.29, 1.82) is 0 Å². The first-order valence-corrected chi connectivity index (χ1v) is 59.9. The van der Waals surface area contributed by atoms with Gasteiger partial charge in [-0.1, -0.05) is 74.8 Å². The molecule has 3 amide bonds. The second-order valence-electron chi connectivity index (χ2n) is 43.1. The number of fused-ring (bicyclic) bond motifs is 2. The Hall–Kier alpha value is -8.89. The maximum Gasteiger partial charge on any atom is 0.410 e. The number of likely N-dealkylation sites (tertiary alicyclic amines) is 3. The second kappa shape index (κ2) is 51.7. The molecule has 5 aromatic carbocycles. The van der Waals surface area contributed by atoms with Crippen LogP contribution < -0.4 is 48.9 Å². The lowest BCUT2D eigenvalue weighted by Gasteiger charge is -2.59. The molecule has 7 heterocycles. The first-order valence-electron chi connectivity index (χ1n) is 49.5. The summed E-state index contributed by atoms with van der Waals surface area (Å²) < 4.78 is 178. The van der Waals surface area contributed by atoms with Crippen molar-refractivity contribution in [3.05, 3.63) is 165 Å². The van der Waals surface area contributed by atoms with E-state index in [1.807, 2.05) is 125 Å². The van der Waals surface area contributed by atoms with Gasteiger partial charge in [-0.2, -0.15) is 0 Å². The number of hydrogen-bond donors (Lipinski definition) is 7. The summed E-state index contributed by atoms with van der Waals surface area (Å²) in [5.41, 5.74) is 9.01. The van der Waals surface area contributed by atoms with Crippen LogP contribution in [0.15, 0.2) is 121 Å². The number of aliphatic hydroxyl groups excluding tert-OH is 1. The number of amides is 3. The Morgan fingerprint density at radius 3 is 1.18 bits per heavy atom. The minimum Gasteiger partial charge on any atom is -0.497 e. The van der Waals surface area contributed by atoms with Crippen molar-refractivity contribution in [2.45, 2.75) is 233 Å². The summed E-state index contributed by atoms with van der Waals surface area (Å²) in [6.45, 7) is 42.9. The predicted octanol–water partition coefficient (Wildman–Crippen LogP) is 15.3. The molecule has 5 saturated heterocycles. The van der Waals surface area contributed by atoms with E-state index in [9.17, 15) is 65.8 Å². The molecule has 7 aromatic rings. The third kappa shape index (κ3) is 37.5. The fraction of sp³-hybridized carbons (Fsp3) is 0.612. The molecule has 9 N–H and O–H groups in total. The molecule has 0 radical (unpaired) electrons. The highest BCUT2D eigenvalue weighted by Crippen LogP contribution is 2.56. The topological polar surface area (TPSA) is 515 Å². The lowest BCUT2D eigenvalue weighted by Crippen LogP contribution is -2.65. The molecule has 38 nitrogen and oxygen atoms in total. The van der Waals surface area contributed by atoms with Gasteiger partial charge in [0, 0.05) is 142 Å². The van der Waals surface area contributed by atoms with Crippen molar-refractivity contribution in [3.63, 3.8) is 0 Å². The molecule has 0 unspecified atom stereocenters. The van der Waals surface area contributed by atoms with Crippen LogP contribution >= 0.6 is 19.2 Å². The quantitative estimate of drug-likeness (QED) is 0.0150. The highest BCUT2D eigenvalue weighted by Gasteiger charge is 2.58. The number of aromatic nitrogens is 4. The molecule has 5 aliphatic heterocycles. The van der Waals surface area contributed by atoms with Crippen LogP contribution in [0.5, 0.6) is 17.2 Å². The second-order valence-corrected chi connectivity index (χ2v) is 54.5. The van der Waals surface area contributed by atoms with Crippen LogP contribution in [0.4, 0.5) is 20.2 Å². The van der Waals surface area contributed by atoms with Gasteiger partial charge in [0.25, 0.3) is 0 Å². The summed E-state index contributed by atoms with van der Waals surface area (Å²) in [7, 11) is -16.1. The van der Waals surface area contributed by atoms with Gasteiger partial charge in [0.2, 0.25) is 50.1 Å². The summed E-state index contributed by atoms with van der Waals surface area (Å²) in [4.78, 5) is 70.8. The minimum atomic E-state index is -3.79. The van der Waals surface area contributed by atoms with E-state index in [0.29, 0.717) is 93.0 Å². The molecule has 10 aliphatic rings. The molecule has 17 rings (SSSR count). The molecule has 5 spiro atoms. The number of nitrogens with one attached hydrogen (secondary N) is 4. The Bertz CT molecular complexity index is 6320. The number of hydrogen-bond acceptors (Lipinski definition) is 30. The molecule has 45 heteroatoms.